The highest BCUT2D eigenvalue weighted by Crippen LogP contribution is 2.34. The zero-order valence-electron chi connectivity index (χ0n) is 15.2. The zero-order valence-corrected chi connectivity index (χ0v) is 15.2. The van der Waals surface area contributed by atoms with Crippen LogP contribution in [0.1, 0.15) is 60.6 Å². The van der Waals surface area contributed by atoms with E-state index in [1.807, 2.05) is 19.9 Å². The Morgan fingerprint density at radius 1 is 1.19 bits per heavy atom. The fourth-order valence-electron chi connectivity index (χ4n) is 3.31. The molecular weight excluding hydrogens is 349 g/mol. The Bertz CT molecular complexity index is 946. The van der Waals surface area contributed by atoms with Crippen LogP contribution in [0.4, 0.5) is 4.39 Å². The summed E-state index contributed by atoms with van der Waals surface area (Å²) in [5.74, 6) is 0.851. The van der Waals surface area contributed by atoms with Gasteiger partial charge in [-0.3, -0.25) is 4.79 Å². The SMILES string of the molecule is CC(C)c1cc([C@H]2CCCN2C(=O)c2cc(-c3ccc(F)cc3)on2)on1. The number of carbonyl (C=O) groups excluding carboxylic acids is 1. The highest BCUT2D eigenvalue weighted by atomic mass is 19.1. The van der Waals surface area contributed by atoms with Crippen molar-refractivity contribution in [3.8, 4) is 11.3 Å². The Morgan fingerprint density at radius 2 is 1.96 bits per heavy atom. The fraction of sp³-hybridized carbons (Fsp3) is 0.350. The molecule has 0 radical (unpaired) electrons. The molecule has 0 aliphatic carbocycles. The lowest BCUT2D eigenvalue weighted by atomic mass is 10.1. The lowest BCUT2D eigenvalue weighted by molar-refractivity contribution is 0.0704. The summed E-state index contributed by atoms with van der Waals surface area (Å²) in [4.78, 5) is 14.7. The molecule has 140 valence electrons. The summed E-state index contributed by atoms with van der Waals surface area (Å²) >= 11 is 0. The van der Waals surface area contributed by atoms with Gasteiger partial charge < -0.3 is 13.9 Å². The predicted molar refractivity (Wildman–Crippen MR) is 95.5 cm³/mol. The van der Waals surface area contributed by atoms with E-state index in [1.165, 1.54) is 12.1 Å². The van der Waals surface area contributed by atoms with Gasteiger partial charge in [0.05, 0.1) is 11.7 Å². The van der Waals surface area contributed by atoms with Gasteiger partial charge in [-0.15, -0.1) is 0 Å². The van der Waals surface area contributed by atoms with Crippen molar-refractivity contribution in [2.75, 3.05) is 6.54 Å². The van der Waals surface area contributed by atoms with Crippen LogP contribution in [0.25, 0.3) is 11.3 Å². The molecule has 1 amide bonds. The third-order valence-corrected chi connectivity index (χ3v) is 4.84. The maximum absolute atomic E-state index is 13.1. The number of likely N-dealkylation sites (tertiary alicyclic amines) is 1. The van der Waals surface area contributed by atoms with E-state index in [2.05, 4.69) is 10.3 Å². The number of benzene rings is 1. The van der Waals surface area contributed by atoms with Gasteiger partial charge in [0.2, 0.25) is 0 Å². The molecule has 1 aliphatic rings. The molecule has 6 nitrogen and oxygen atoms in total. The van der Waals surface area contributed by atoms with E-state index in [-0.39, 0.29) is 29.4 Å². The summed E-state index contributed by atoms with van der Waals surface area (Å²) in [7, 11) is 0. The smallest absolute Gasteiger partial charge is 0.276 e. The number of aromatic nitrogens is 2. The van der Waals surface area contributed by atoms with E-state index in [4.69, 9.17) is 9.05 Å². The maximum atomic E-state index is 13.1. The number of hydrogen-bond acceptors (Lipinski definition) is 5. The maximum Gasteiger partial charge on any atom is 0.276 e. The van der Waals surface area contributed by atoms with Gasteiger partial charge in [-0.2, -0.15) is 0 Å². The molecule has 1 atom stereocenters. The molecule has 0 unspecified atom stereocenters. The Hall–Kier alpha value is -2.96. The lowest BCUT2D eigenvalue weighted by Crippen LogP contribution is -2.30. The Balaban J connectivity index is 1.55. The van der Waals surface area contributed by atoms with Crippen LogP contribution in [0.2, 0.25) is 0 Å². The summed E-state index contributed by atoms with van der Waals surface area (Å²) in [6, 6.07) is 9.22. The van der Waals surface area contributed by atoms with Gasteiger partial charge in [-0.25, -0.2) is 4.39 Å². The fourth-order valence-corrected chi connectivity index (χ4v) is 3.31. The molecule has 1 aliphatic heterocycles. The summed E-state index contributed by atoms with van der Waals surface area (Å²) in [5, 5.41) is 8.01. The van der Waals surface area contributed by atoms with Crippen LogP contribution in [0, 0.1) is 5.82 Å². The first-order chi connectivity index (χ1) is 13.0. The molecule has 4 rings (SSSR count). The molecule has 0 bridgehead atoms. The van der Waals surface area contributed by atoms with E-state index >= 15 is 0 Å². The second-order valence-corrected chi connectivity index (χ2v) is 7.05. The van der Waals surface area contributed by atoms with Gasteiger partial charge in [0.25, 0.3) is 5.91 Å². The minimum absolute atomic E-state index is 0.150. The standard InChI is InChI=1S/C20H20FN3O3/c1-12(2)15-10-19(27-22-15)17-4-3-9-24(17)20(25)16-11-18(26-23-16)13-5-7-14(21)8-6-13/h5-8,10-12,17H,3-4,9H2,1-2H3/t17-/m1/s1. The van der Waals surface area contributed by atoms with E-state index in [1.54, 1.807) is 23.1 Å². The van der Waals surface area contributed by atoms with Gasteiger partial charge in [-0.1, -0.05) is 24.2 Å². The first-order valence-corrected chi connectivity index (χ1v) is 9.03. The third-order valence-electron chi connectivity index (χ3n) is 4.84. The average molecular weight is 369 g/mol. The Morgan fingerprint density at radius 3 is 2.67 bits per heavy atom. The molecular formula is C20H20FN3O3. The van der Waals surface area contributed by atoms with Crippen LogP contribution in [-0.4, -0.2) is 27.7 Å². The van der Waals surface area contributed by atoms with Crippen molar-refractivity contribution in [1.82, 2.24) is 15.2 Å². The lowest BCUT2D eigenvalue weighted by Gasteiger charge is -2.21. The van der Waals surface area contributed by atoms with Gasteiger partial charge in [0, 0.05) is 24.2 Å². The topological polar surface area (TPSA) is 72.4 Å². The number of nitrogens with zero attached hydrogens (tertiary/aromatic N) is 3. The second kappa shape index (κ2) is 6.98. The van der Waals surface area contributed by atoms with Crippen molar-refractivity contribution >= 4 is 5.91 Å². The largest absolute Gasteiger partial charge is 0.359 e. The van der Waals surface area contributed by atoms with Crippen LogP contribution in [0.5, 0.6) is 0 Å². The molecule has 2 aromatic heterocycles. The van der Waals surface area contributed by atoms with Gasteiger partial charge in [0.15, 0.2) is 17.2 Å². The van der Waals surface area contributed by atoms with E-state index < -0.39 is 0 Å². The molecule has 0 saturated carbocycles. The van der Waals surface area contributed by atoms with Crippen LogP contribution in [0.3, 0.4) is 0 Å². The first-order valence-electron chi connectivity index (χ1n) is 9.03. The summed E-state index contributed by atoms with van der Waals surface area (Å²) in [5.41, 5.74) is 1.77. The first kappa shape index (κ1) is 17.5. The van der Waals surface area contributed by atoms with E-state index in [0.717, 1.165) is 18.5 Å². The van der Waals surface area contributed by atoms with Crippen LogP contribution >= 0.6 is 0 Å². The van der Waals surface area contributed by atoms with Gasteiger partial charge in [0.1, 0.15) is 5.82 Å². The number of halogens is 1. The quantitative estimate of drug-likeness (QED) is 0.674. The second-order valence-electron chi connectivity index (χ2n) is 7.05. The highest BCUT2D eigenvalue weighted by molar-refractivity contribution is 5.93. The minimum Gasteiger partial charge on any atom is -0.359 e. The monoisotopic (exact) mass is 369 g/mol. The summed E-state index contributed by atoms with van der Waals surface area (Å²) in [6.07, 6.45) is 1.71. The molecule has 3 heterocycles. The summed E-state index contributed by atoms with van der Waals surface area (Å²) in [6.45, 7) is 4.72. The van der Waals surface area contributed by atoms with Crippen LogP contribution < -0.4 is 0 Å². The van der Waals surface area contributed by atoms with Crippen LogP contribution in [0.15, 0.2) is 45.4 Å². The van der Waals surface area contributed by atoms with Crippen molar-refractivity contribution < 1.29 is 18.2 Å². The molecule has 1 aromatic carbocycles. The van der Waals surface area contributed by atoms with E-state index in [0.29, 0.717) is 23.6 Å². The Labute approximate surface area is 155 Å². The molecule has 0 N–H and O–H groups in total. The highest BCUT2D eigenvalue weighted by Gasteiger charge is 2.34. The molecule has 3 aromatic rings. The van der Waals surface area contributed by atoms with Crippen molar-refractivity contribution in [3.63, 3.8) is 0 Å². The van der Waals surface area contributed by atoms with Crippen molar-refractivity contribution in [3.05, 3.63) is 59.4 Å². The molecule has 27 heavy (non-hydrogen) atoms. The number of hydrogen-bond donors (Lipinski definition) is 0. The molecule has 7 heteroatoms. The number of amides is 1. The minimum atomic E-state index is -0.331. The van der Waals surface area contributed by atoms with Gasteiger partial charge in [-0.05, 0) is 43.0 Å². The van der Waals surface area contributed by atoms with Crippen LogP contribution in [-0.2, 0) is 0 Å². The van der Waals surface area contributed by atoms with E-state index in [9.17, 15) is 9.18 Å². The zero-order chi connectivity index (χ0) is 19.0. The molecule has 1 saturated heterocycles. The predicted octanol–water partition coefficient (Wildman–Crippen LogP) is 4.57. The van der Waals surface area contributed by atoms with Gasteiger partial charge >= 0.3 is 0 Å². The Kier molecular flexibility index (Phi) is 4.51. The number of carbonyl (C=O) groups is 1. The normalized spacial score (nSPS) is 17.0. The third kappa shape index (κ3) is 3.37. The number of rotatable bonds is 4. The van der Waals surface area contributed by atoms with Crippen molar-refractivity contribution in [1.29, 1.82) is 0 Å². The summed E-state index contributed by atoms with van der Waals surface area (Å²) < 4.78 is 23.9. The average Bonchev–Trinajstić information content (AvgIpc) is 3.40. The molecule has 1 fully saturated rings. The van der Waals surface area contributed by atoms with Crippen molar-refractivity contribution in [2.24, 2.45) is 0 Å². The van der Waals surface area contributed by atoms with Crippen molar-refractivity contribution in [2.45, 2.75) is 38.6 Å². The molecule has 0 spiro atoms.